The van der Waals surface area contributed by atoms with Crippen LogP contribution in [-0.2, 0) is 0 Å². The molecule has 0 spiro atoms. The fourth-order valence-corrected chi connectivity index (χ4v) is 6.94. The third kappa shape index (κ3) is 4.92. The summed E-state index contributed by atoms with van der Waals surface area (Å²) in [6, 6.07) is 64.4. The number of benzene rings is 8. The molecule has 1 heterocycles. The summed E-state index contributed by atoms with van der Waals surface area (Å²) >= 11 is 0. The minimum atomic E-state index is 0.712. The zero-order chi connectivity index (χ0) is 31.9. The maximum absolute atomic E-state index is 5.11. The molecule has 0 aliphatic heterocycles. The molecular weight excluding hydrogens is 581 g/mol. The summed E-state index contributed by atoms with van der Waals surface area (Å²) in [4.78, 5) is 10.2. The normalized spacial score (nSPS) is 11.3. The van der Waals surface area contributed by atoms with Crippen LogP contribution < -0.4 is 0 Å². The number of nitrogens with zero attached hydrogens (tertiary/aromatic N) is 2. The van der Waals surface area contributed by atoms with Crippen molar-refractivity contribution < 1.29 is 0 Å². The topological polar surface area (TPSA) is 25.8 Å². The van der Waals surface area contributed by atoms with Crippen LogP contribution in [0.15, 0.2) is 182 Å². The summed E-state index contributed by atoms with van der Waals surface area (Å²) in [5.41, 5.74) is 9.56. The molecule has 0 aliphatic rings. The largest absolute Gasteiger partial charge is 0.228 e. The molecule has 0 bridgehead atoms. The third-order valence-corrected chi connectivity index (χ3v) is 9.31. The number of fused-ring (bicyclic) bond motifs is 6. The third-order valence-electron chi connectivity index (χ3n) is 9.31. The summed E-state index contributed by atoms with van der Waals surface area (Å²) in [6.45, 7) is 0. The van der Waals surface area contributed by atoms with Gasteiger partial charge < -0.3 is 0 Å². The molecule has 9 rings (SSSR count). The van der Waals surface area contributed by atoms with Gasteiger partial charge in [-0.15, -0.1) is 0 Å². The molecule has 2 nitrogen and oxygen atoms in total. The van der Waals surface area contributed by atoms with Gasteiger partial charge in [0.2, 0.25) is 0 Å². The number of hydrogen-bond acceptors (Lipinski definition) is 2. The molecule has 0 aliphatic carbocycles. The first-order valence-corrected chi connectivity index (χ1v) is 16.3. The van der Waals surface area contributed by atoms with E-state index in [1.165, 1.54) is 43.4 Å². The number of rotatable bonds is 5. The maximum atomic E-state index is 5.11. The quantitative estimate of drug-likeness (QED) is 0.181. The van der Waals surface area contributed by atoms with Crippen LogP contribution >= 0.6 is 0 Å². The van der Waals surface area contributed by atoms with Crippen LogP contribution in [0.3, 0.4) is 0 Å². The molecule has 0 saturated carbocycles. The molecular formula is C46H30N2. The van der Waals surface area contributed by atoms with Crippen molar-refractivity contribution in [2.24, 2.45) is 0 Å². The first-order chi connectivity index (χ1) is 23.8. The van der Waals surface area contributed by atoms with Crippen LogP contribution in [0.5, 0.6) is 0 Å². The van der Waals surface area contributed by atoms with Crippen LogP contribution in [-0.4, -0.2) is 9.97 Å². The summed E-state index contributed by atoms with van der Waals surface area (Å²) in [5, 5.41) is 7.72. The monoisotopic (exact) mass is 610 g/mol. The van der Waals surface area contributed by atoms with Gasteiger partial charge in [0.15, 0.2) is 5.82 Å². The number of hydrogen-bond donors (Lipinski definition) is 0. The molecule has 0 radical (unpaired) electrons. The highest BCUT2D eigenvalue weighted by Crippen LogP contribution is 2.38. The van der Waals surface area contributed by atoms with E-state index in [1.54, 1.807) is 0 Å². The molecule has 1 aromatic heterocycles. The Morgan fingerprint density at radius 3 is 1.23 bits per heavy atom. The Morgan fingerprint density at radius 1 is 0.250 bits per heavy atom. The van der Waals surface area contributed by atoms with E-state index in [2.05, 4.69) is 170 Å². The Balaban J connectivity index is 1.14. The van der Waals surface area contributed by atoms with Gasteiger partial charge in [-0.1, -0.05) is 170 Å². The van der Waals surface area contributed by atoms with Gasteiger partial charge in [0.05, 0.1) is 11.4 Å². The average Bonchev–Trinajstić information content (AvgIpc) is 3.18. The maximum Gasteiger partial charge on any atom is 0.161 e. The summed E-state index contributed by atoms with van der Waals surface area (Å²) in [6.07, 6.45) is 0. The van der Waals surface area contributed by atoms with E-state index >= 15 is 0 Å². The van der Waals surface area contributed by atoms with Gasteiger partial charge >= 0.3 is 0 Å². The van der Waals surface area contributed by atoms with Gasteiger partial charge in [0.25, 0.3) is 0 Å². The lowest BCUT2D eigenvalue weighted by atomic mass is 9.91. The Hall–Kier alpha value is -6.38. The van der Waals surface area contributed by atoms with Crippen molar-refractivity contribution in [3.8, 4) is 56.2 Å². The number of aromatic nitrogens is 2. The van der Waals surface area contributed by atoms with Crippen molar-refractivity contribution in [3.63, 3.8) is 0 Å². The van der Waals surface area contributed by atoms with Gasteiger partial charge in [-0.25, -0.2) is 9.97 Å². The van der Waals surface area contributed by atoms with E-state index in [4.69, 9.17) is 9.97 Å². The fourth-order valence-electron chi connectivity index (χ4n) is 6.94. The van der Waals surface area contributed by atoms with Crippen molar-refractivity contribution in [1.29, 1.82) is 0 Å². The van der Waals surface area contributed by atoms with Crippen molar-refractivity contribution in [2.75, 3.05) is 0 Å². The molecule has 0 atom stereocenters. The molecule has 0 amide bonds. The first kappa shape index (κ1) is 27.9. The second-order valence-corrected chi connectivity index (χ2v) is 12.2. The zero-order valence-corrected chi connectivity index (χ0v) is 26.2. The van der Waals surface area contributed by atoms with E-state index in [-0.39, 0.29) is 0 Å². The smallest absolute Gasteiger partial charge is 0.161 e. The zero-order valence-electron chi connectivity index (χ0n) is 26.2. The highest BCUT2D eigenvalue weighted by atomic mass is 14.9. The summed E-state index contributed by atoms with van der Waals surface area (Å²) < 4.78 is 0. The van der Waals surface area contributed by atoms with E-state index in [1.807, 2.05) is 12.1 Å². The van der Waals surface area contributed by atoms with Crippen LogP contribution in [0.4, 0.5) is 0 Å². The molecule has 0 unspecified atom stereocenters. The van der Waals surface area contributed by atoms with E-state index < -0.39 is 0 Å². The van der Waals surface area contributed by atoms with Gasteiger partial charge in [-0.05, 0) is 66.7 Å². The molecule has 48 heavy (non-hydrogen) atoms. The predicted molar refractivity (Wildman–Crippen MR) is 202 cm³/mol. The van der Waals surface area contributed by atoms with Crippen LogP contribution in [0.1, 0.15) is 0 Å². The van der Waals surface area contributed by atoms with Crippen molar-refractivity contribution in [1.82, 2.24) is 9.97 Å². The van der Waals surface area contributed by atoms with Crippen LogP contribution in [0.2, 0.25) is 0 Å². The average molecular weight is 611 g/mol. The van der Waals surface area contributed by atoms with Crippen LogP contribution in [0, 0.1) is 0 Å². The minimum Gasteiger partial charge on any atom is -0.228 e. The van der Waals surface area contributed by atoms with Crippen LogP contribution in [0.25, 0.3) is 88.5 Å². The lowest BCUT2D eigenvalue weighted by Crippen LogP contribution is -1.97. The second-order valence-electron chi connectivity index (χ2n) is 12.2. The van der Waals surface area contributed by atoms with Crippen molar-refractivity contribution in [3.05, 3.63) is 182 Å². The SMILES string of the molecule is c1ccc(-c2cc(-c3ccccc3)nc(-c3ccccc3-c3ccc(-c4ccc5c6ccccc6c6ccccc6c5c4)cc3)n2)cc1. The Labute approximate surface area is 279 Å². The second kappa shape index (κ2) is 11.8. The molecule has 2 heteroatoms. The predicted octanol–water partition coefficient (Wildman–Crippen LogP) is 12.3. The minimum absolute atomic E-state index is 0.712. The van der Waals surface area contributed by atoms with Gasteiger partial charge in [-0.3, -0.25) is 0 Å². The van der Waals surface area contributed by atoms with Crippen molar-refractivity contribution in [2.45, 2.75) is 0 Å². The highest BCUT2D eigenvalue weighted by molar-refractivity contribution is 6.25. The molecule has 224 valence electrons. The molecule has 0 N–H and O–H groups in total. The standard InChI is InChI=1S/C46H30N2/c1-3-13-33(14-4-1)44-30-45(34-15-5-2-6-16-34)48-46(47-44)42-22-12-7-17-36(42)32-25-23-31(24-26-32)35-27-28-41-39-20-9-8-18-37(39)38-19-10-11-21-40(38)43(41)29-35/h1-30H. The van der Waals surface area contributed by atoms with E-state index in [0.29, 0.717) is 5.82 Å². The lowest BCUT2D eigenvalue weighted by molar-refractivity contribution is 1.18. The molecule has 0 fully saturated rings. The van der Waals surface area contributed by atoms with E-state index in [9.17, 15) is 0 Å². The Bertz CT molecular complexity index is 2500. The van der Waals surface area contributed by atoms with Crippen molar-refractivity contribution >= 4 is 32.3 Å². The summed E-state index contributed by atoms with van der Waals surface area (Å²) in [7, 11) is 0. The highest BCUT2D eigenvalue weighted by Gasteiger charge is 2.15. The molecule has 8 aromatic carbocycles. The Kier molecular flexibility index (Phi) is 6.84. The van der Waals surface area contributed by atoms with Gasteiger partial charge in [0, 0.05) is 16.7 Å². The van der Waals surface area contributed by atoms with E-state index in [0.717, 1.165) is 39.2 Å². The Morgan fingerprint density at radius 2 is 0.667 bits per heavy atom. The first-order valence-electron chi connectivity index (χ1n) is 16.3. The lowest BCUT2D eigenvalue weighted by Gasteiger charge is -2.14. The fraction of sp³-hybridized carbons (Fsp3) is 0. The molecule has 0 saturated heterocycles. The molecule has 9 aromatic rings. The van der Waals surface area contributed by atoms with Gasteiger partial charge in [-0.2, -0.15) is 0 Å². The summed E-state index contributed by atoms with van der Waals surface area (Å²) in [5.74, 6) is 0.712. The van der Waals surface area contributed by atoms with Gasteiger partial charge in [0.1, 0.15) is 0 Å².